The highest BCUT2D eigenvalue weighted by atomic mass is 32.2. The van der Waals surface area contributed by atoms with Crippen molar-refractivity contribution in [1.29, 1.82) is 0 Å². The van der Waals surface area contributed by atoms with Crippen LogP contribution in [-0.2, 0) is 26.0 Å². The van der Waals surface area contributed by atoms with Crippen LogP contribution in [0.3, 0.4) is 0 Å². The van der Waals surface area contributed by atoms with Crippen molar-refractivity contribution < 1.29 is 17.9 Å². The van der Waals surface area contributed by atoms with Gasteiger partial charge in [-0.05, 0) is 62.8 Å². The molecule has 7 nitrogen and oxygen atoms in total. The lowest BCUT2D eigenvalue weighted by Gasteiger charge is -2.29. The smallest absolute Gasteiger partial charge is 0.247 e. The number of carbonyl (C=O) groups excluding carboxylic acids is 1. The first kappa shape index (κ1) is 24.4. The predicted molar refractivity (Wildman–Crippen MR) is 138 cm³/mol. The summed E-state index contributed by atoms with van der Waals surface area (Å²) in [5.74, 6) is -0.217. The highest BCUT2D eigenvalue weighted by molar-refractivity contribution is 7.89. The molecular formula is C26H31N3O4S2. The molecular weight excluding hydrogens is 482 g/mol. The first-order valence-corrected chi connectivity index (χ1v) is 14.5. The maximum absolute atomic E-state index is 14.0. The van der Waals surface area contributed by atoms with Gasteiger partial charge in [-0.3, -0.25) is 9.69 Å². The molecule has 0 aliphatic carbocycles. The number of nitrogens with zero attached hydrogens (tertiary/aromatic N) is 3. The lowest BCUT2D eigenvalue weighted by Crippen LogP contribution is -2.49. The van der Waals surface area contributed by atoms with Gasteiger partial charge < -0.3 is 4.74 Å². The molecule has 1 amide bonds. The Bertz CT molecular complexity index is 1310. The standard InChI is InChI=1S/C26H31N3O4S2/c1-3-19-7-4-10-23-24(19)27-26(34-23)28(17-20-8-6-16-33-20)25(30)22-9-5-15-29(22)35(31,32)21-13-11-18(2)12-14-21/h4,7,10-14,20,22H,3,5-6,8-9,15-17H2,1-2H3. The average molecular weight is 514 g/mol. The largest absolute Gasteiger partial charge is 0.376 e. The predicted octanol–water partition coefficient (Wildman–Crippen LogP) is 4.53. The number of fused-ring (bicyclic) bond motifs is 1. The summed E-state index contributed by atoms with van der Waals surface area (Å²) < 4.78 is 35.3. The highest BCUT2D eigenvalue weighted by Gasteiger charge is 2.42. The van der Waals surface area contributed by atoms with Crippen LogP contribution in [-0.4, -0.2) is 55.5 Å². The first-order valence-electron chi connectivity index (χ1n) is 12.3. The molecule has 3 aromatic rings. The van der Waals surface area contributed by atoms with Gasteiger partial charge in [-0.2, -0.15) is 4.31 Å². The molecule has 2 unspecified atom stereocenters. The van der Waals surface area contributed by atoms with E-state index in [1.807, 2.05) is 19.1 Å². The molecule has 2 saturated heterocycles. The van der Waals surface area contributed by atoms with E-state index in [1.54, 1.807) is 29.2 Å². The van der Waals surface area contributed by atoms with Crippen molar-refractivity contribution in [2.45, 2.75) is 63.0 Å². The highest BCUT2D eigenvalue weighted by Crippen LogP contribution is 2.34. The van der Waals surface area contributed by atoms with Crippen molar-refractivity contribution in [3.05, 3.63) is 53.6 Å². The Labute approximate surface area is 210 Å². The van der Waals surface area contributed by atoms with Gasteiger partial charge in [0.15, 0.2) is 5.13 Å². The van der Waals surface area contributed by atoms with Crippen LogP contribution in [0.15, 0.2) is 47.4 Å². The van der Waals surface area contributed by atoms with Crippen molar-refractivity contribution in [2.24, 2.45) is 0 Å². The number of hydrogen-bond acceptors (Lipinski definition) is 6. The minimum atomic E-state index is -3.79. The van der Waals surface area contributed by atoms with E-state index in [4.69, 9.17) is 9.72 Å². The van der Waals surface area contributed by atoms with Crippen LogP contribution in [0.1, 0.15) is 43.7 Å². The number of hydrogen-bond donors (Lipinski definition) is 0. The van der Waals surface area contributed by atoms with Gasteiger partial charge in [0, 0.05) is 13.2 Å². The number of sulfonamides is 1. The maximum atomic E-state index is 14.0. The molecule has 0 bridgehead atoms. The van der Waals surface area contributed by atoms with Crippen LogP contribution in [0.5, 0.6) is 0 Å². The number of para-hydroxylation sites is 1. The van der Waals surface area contributed by atoms with Gasteiger partial charge in [0.25, 0.3) is 0 Å². The molecule has 0 radical (unpaired) electrons. The minimum absolute atomic E-state index is 0.0693. The molecule has 186 valence electrons. The summed E-state index contributed by atoms with van der Waals surface area (Å²) >= 11 is 1.48. The number of benzene rings is 2. The SMILES string of the molecule is CCc1cccc2sc(N(CC3CCCO3)C(=O)C3CCCN3S(=O)(=O)c3ccc(C)cc3)nc12. The van der Waals surface area contributed by atoms with Crippen LogP contribution >= 0.6 is 11.3 Å². The molecule has 3 heterocycles. The van der Waals surface area contributed by atoms with Crippen molar-refractivity contribution >= 4 is 42.6 Å². The molecule has 0 saturated carbocycles. The fourth-order valence-electron chi connectivity index (χ4n) is 4.95. The number of aromatic nitrogens is 1. The molecule has 0 spiro atoms. The molecule has 0 N–H and O–H groups in total. The van der Waals surface area contributed by atoms with Crippen LogP contribution in [0, 0.1) is 6.92 Å². The third kappa shape index (κ3) is 4.74. The topological polar surface area (TPSA) is 79.8 Å². The molecule has 9 heteroatoms. The van der Waals surface area contributed by atoms with Crippen LogP contribution in [0.25, 0.3) is 10.2 Å². The number of amides is 1. The quantitative estimate of drug-likeness (QED) is 0.464. The molecule has 5 rings (SSSR count). The lowest BCUT2D eigenvalue weighted by atomic mass is 10.1. The molecule has 2 aromatic carbocycles. The summed E-state index contributed by atoms with van der Waals surface area (Å²) in [7, 11) is -3.79. The van der Waals surface area contributed by atoms with E-state index < -0.39 is 16.1 Å². The van der Waals surface area contributed by atoms with Crippen molar-refractivity contribution in [3.8, 4) is 0 Å². The third-order valence-electron chi connectivity index (χ3n) is 6.90. The van der Waals surface area contributed by atoms with E-state index in [9.17, 15) is 13.2 Å². The molecule has 2 atom stereocenters. The number of aryl methyl sites for hydroxylation is 2. The number of rotatable bonds is 7. The number of ether oxygens (including phenoxy) is 1. The maximum Gasteiger partial charge on any atom is 0.247 e. The second-order valence-corrected chi connectivity index (χ2v) is 12.2. The van der Waals surface area contributed by atoms with E-state index in [0.29, 0.717) is 37.7 Å². The molecule has 1 aromatic heterocycles. The Balaban J connectivity index is 1.50. The third-order valence-corrected chi connectivity index (χ3v) is 9.86. The summed E-state index contributed by atoms with van der Waals surface area (Å²) in [6, 6.07) is 12.2. The van der Waals surface area contributed by atoms with E-state index in [1.165, 1.54) is 15.6 Å². The second kappa shape index (κ2) is 9.97. The molecule has 2 aliphatic heterocycles. The summed E-state index contributed by atoms with van der Waals surface area (Å²) in [6.07, 6.45) is 3.77. The number of carbonyl (C=O) groups is 1. The summed E-state index contributed by atoms with van der Waals surface area (Å²) in [5, 5.41) is 0.612. The zero-order chi connectivity index (χ0) is 24.6. The van der Waals surface area contributed by atoms with Gasteiger partial charge >= 0.3 is 0 Å². The Kier molecular flexibility index (Phi) is 6.94. The summed E-state index contributed by atoms with van der Waals surface area (Å²) in [5.41, 5.74) is 3.04. The van der Waals surface area contributed by atoms with Crippen LogP contribution in [0.4, 0.5) is 5.13 Å². The number of thiazole rings is 1. The fraction of sp³-hybridized carbons (Fsp3) is 0.462. The van der Waals surface area contributed by atoms with Gasteiger partial charge in [-0.1, -0.05) is 48.1 Å². The molecule has 2 fully saturated rings. The lowest BCUT2D eigenvalue weighted by molar-refractivity contribution is -0.122. The second-order valence-electron chi connectivity index (χ2n) is 9.28. The van der Waals surface area contributed by atoms with E-state index >= 15 is 0 Å². The van der Waals surface area contributed by atoms with Gasteiger partial charge in [0.1, 0.15) is 6.04 Å². The monoisotopic (exact) mass is 513 g/mol. The Morgan fingerprint density at radius 2 is 1.97 bits per heavy atom. The Morgan fingerprint density at radius 3 is 2.69 bits per heavy atom. The number of anilines is 1. The Hall–Kier alpha value is -2.33. The van der Waals surface area contributed by atoms with Crippen molar-refractivity contribution in [1.82, 2.24) is 9.29 Å². The van der Waals surface area contributed by atoms with Crippen LogP contribution < -0.4 is 4.90 Å². The zero-order valence-corrected chi connectivity index (χ0v) is 21.8. The van der Waals surface area contributed by atoms with Gasteiger partial charge in [0.05, 0.1) is 27.8 Å². The minimum Gasteiger partial charge on any atom is -0.376 e. The van der Waals surface area contributed by atoms with Crippen molar-refractivity contribution in [2.75, 3.05) is 24.6 Å². The van der Waals surface area contributed by atoms with E-state index in [-0.39, 0.29) is 16.9 Å². The van der Waals surface area contributed by atoms with E-state index in [0.717, 1.165) is 40.6 Å². The van der Waals surface area contributed by atoms with Crippen molar-refractivity contribution in [3.63, 3.8) is 0 Å². The van der Waals surface area contributed by atoms with Gasteiger partial charge in [0.2, 0.25) is 15.9 Å². The Morgan fingerprint density at radius 1 is 1.17 bits per heavy atom. The van der Waals surface area contributed by atoms with E-state index in [2.05, 4.69) is 13.0 Å². The molecule has 2 aliphatic rings. The fourth-order valence-corrected chi connectivity index (χ4v) is 7.63. The van der Waals surface area contributed by atoms with Gasteiger partial charge in [-0.25, -0.2) is 13.4 Å². The summed E-state index contributed by atoms with van der Waals surface area (Å²) in [6.45, 7) is 5.41. The average Bonchev–Trinajstić information content (AvgIpc) is 3.62. The van der Waals surface area contributed by atoms with Crippen LogP contribution in [0.2, 0.25) is 0 Å². The first-order chi connectivity index (χ1) is 16.9. The normalized spacial score (nSPS) is 21.1. The van der Waals surface area contributed by atoms with Gasteiger partial charge in [-0.15, -0.1) is 0 Å². The zero-order valence-electron chi connectivity index (χ0n) is 20.1. The summed E-state index contributed by atoms with van der Waals surface area (Å²) in [4.78, 5) is 20.8. The molecule has 35 heavy (non-hydrogen) atoms.